The Kier molecular flexibility index (Phi) is 6.10. The number of nitrogens with one attached hydrogen (secondary N) is 1. The van der Waals surface area contributed by atoms with E-state index in [0.717, 1.165) is 0 Å². The van der Waals surface area contributed by atoms with Gasteiger partial charge in [-0.2, -0.15) is 0 Å². The number of aliphatic carboxylic acids is 1. The zero-order valence-corrected chi connectivity index (χ0v) is 13.1. The Bertz CT molecular complexity index is 586. The second-order valence-electron chi connectivity index (χ2n) is 5.08. The highest BCUT2D eigenvalue weighted by Gasteiger charge is 2.23. The Labute approximate surface area is 124 Å². The van der Waals surface area contributed by atoms with Gasteiger partial charge < -0.3 is 9.84 Å². The van der Waals surface area contributed by atoms with Gasteiger partial charge in [0.15, 0.2) is 0 Å². The summed E-state index contributed by atoms with van der Waals surface area (Å²) in [5.74, 6) is -1.31. The maximum Gasteiger partial charge on any atom is 0.307 e. The fourth-order valence-corrected chi connectivity index (χ4v) is 2.85. The maximum atomic E-state index is 12.1. The molecular formula is C13H20N2O5S. The molecule has 0 aliphatic heterocycles. The molecule has 1 aromatic heterocycles. The highest BCUT2D eigenvalue weighted by molar-refractivity contribution is 7.89. The molecule has 1 unspecified atom stereocenters. The normalized spacial score (nSPS) is 13.1. The van der Waals surface area contributed by atoms with Gasteiger partial charge in [-0.3, -0.25) is 9.78 Å². The summed E-state index contributed by atoms with van der Waals surface area (Å²) in [7, 11) is -2.41. The van der Waals surface area contributed by atoms with Gasteiger partial charge in [0.2, 0.25) is 10.0 Å². The topological polar surface area (TPSA) is 106 Å². The van der Waals surface area contributed by atoms with E-state index in [1.165, 1.54) is 25.6 Å². The first-order valence-electron chi connectivity index (χ1n) is 6.47. The average Bonchev–Trinajstić information content (AvgIpc) is 2.43. The molecule has 0 aromatic carbocycles. The van der Waals surface area contributed by atoms with Crippen LogP contribution in [0.2, 0.25) is 0 Å². The van der Waals surface area contributed by atoms with Crippen LogP contribution in [-0.2, 0) is 14.8 Å². The van der Waals surface area contributed by atoms with E-state index >= 15 is 0 Å². The Balaban J connectivity index is 2.81. The quantitative estimate of drug-likeness (QED) is 0.744. The molecule has 8 heteroatoms. The molecule has 1 atom stereocenters. The number of carboxylic acids is 1. The van der Waals surface area contributed by atoms with E-state index in [1.807, 2.05) is 13.8 Å². The fourth-order valence-electron chi connectivity index (χ4n) is 1.79. The predicted molar refractivity (Wildman–Crippen MR) is 76.6 cm³/mol. The number of aromatic nitrogens is 1. The third-order valence-corrected chi connectivity index (χ3v) is 4.25. The minimum Gasteiger partial charge on any atom is -0.495 e. The maximum absolute atomic E-state index is 12.1. The van der Waals surface area contributed by atoms with Gasteiger partial charge in [0.1, 0.15) is 10.6 Å². The molecule has 0 spiro atoms. The van der Waals surface area contributed by atoms with Crippen LogP contribution in [0.1, 0.15) is 20.3 Å². The smallest absolute Gasteiger partial charge is 0.307 e. The number of ether oxygens (including phenoxy) is 1. The van der Waals surface area contributed by atoms with Crippen molar-refractivity contribution >= 4 is 16.0 Å². The third kappa shape index (κ3) is 5.31. The number of hydrogen-bond donors (Lipinski definition) is 2. The van der Waals surface area contributed by atoms with Crippen LogP contribution in [0.25, 0.3) is 0 Å². The molecule has 0 saturated heterocycles. The lowest BCUT2D eigenvalue weighted by Gasteiger charge is -2.15. The number of carbonyl (C=O) groups is 1. The molecule has 0 amide bonds. The summed E-state index contributed by atoms with van der Waals surface area (Å²) in [6.07, 6.45) is 2.97. The molecule has 0 fully saturated rings. The first-order valence-corrected chi connectivity index (χ1v) is 7.96. The van der Waals surface area contributed by atoms with E-state index in [1.54, 1.807) is 0 Å². The number of rotatable bonds is 8. The van der Waals surface area contributed by atoms with E-state index in [4.69, 9.17) is 9.84 Å². The summed E-state index contributed by atoms with van der Waals surface area (Å²) in [5, 5.41) is 9.10. The van der Waals surface area contributed by atoms with Gasteiger partial charge >= 0.3 is 5.97 Å². The zero-order valence-electron chi connectivity index (χ0n) is 12.2. The molecule has 21 heavy (non-hydrogen) atoms. The van der Waals surface area contributed by atoms with Gasteiger partial charge in [0.05, 0.1) is 19.2 Å². The van der Waals surface area contributed by atoms with Crippen LogP contribution >= 0.6 is 0 Å². The van der Waals surface area contributed by atoms with Crippen LogP contribution in [0.3, 0.4) is 0 Å². The standard InChI is InChI=1S/C13H20N2O5S/c1-9(2)4-10(13(16)17)6-15-21(18,19)12-5-11(20-3)7-14-8-12/h5,7-10,15H,4,6H2,1-3H3,(H,16,17). The van der Waals surface area contributed by atoms with Crippen molar-refractivity contribution in [3.05, 3.63) is 18.5 Å². The van der Waals surface area contributed by atoms with Gasteiger partial charge in [-0.1, -0.05) is 13.8 Å². The fraction of sp³-hybridized carbons (Fsp3) is 0.538. The Hall–Kier alpha value is -1.67. The molecule has 0 radical (unpaired) electrons. The van der Waals surface area contributed by atoms with Gasteiger partial charge in [-0.05, 0) is 12.3 Å². The molecule has 2 N–H and O–H groups in total. The molecule has 0 aliphatic carbocycles. The molecular weight excluding hydrogens is 296 g/mol. The third-order valence-electron chi connectivity index (χ3n) is 2.86. The molecule has 1 rings (SSSR count). The first kappa shape index (κ1) is 17.4. The summed E-state index contributed by atoms with van der Waals surface area (Å²) in [4.78, 5) is 14.8. The largest absolute Gasteiger partial charge is 0.495 e. The van der Waals surface area contributed by atoms with Crippen molar-refractivity contribution in [2.75, 3.05) is 13.7 Å². The monoisotopic (exact) mass is 316 g/mol. The zero-order chi connectivity index (χ0) is 16.0. The number of carboxylic acid groups (broad SMARTS) is 1. The lowest BCUT2D eigenvalue weighted by atomic mass is 9.98. The number of methoxy groups -OCH3 is 1. The van der Waals surface area contributed by atoms with Gasteiger partial charge in [0, 0.05) is 18.8 Å². The lowest BCUT2D eigenvalue weighted by Crippen LogP contribution is -2.33. The Morgan fingerprint density at radius 2 is 2.10 bits per heavy atom. The number of pyridine rings is 1. The molecule has 1 heterocycles. The van der Waals surface area contributed by atoms with Gasteiger partial charge in [0.25, 0.3) is 0 Å². The molecule has 7 nitrogen and oxygen atoms in total. The first-order chi connectivity index (χ1) is 9.76. The summed E-state index contributed by atoms with van der Waals surface area (Å²) in [5.41, 5.74) is 0. The van der Waals surface area contributed by atoms with E-state index in [2.05, 4.69) is 9.71 Å². The number of nitrogens with zero attached hydrogens (tertiary/aromatic N) is 1. The summed E-state index contributed by atoms with van der Waals surface area (Å²) in [6, 6.07) is 1.33. The Morgan fingerprint density at radius 1 is 1.43 bits per heavy atom. The Morgan fingerprint density at radius 3 is 2.62 bits per heavy atom. The van der Waals surface area contributed by atoms with E-state index in [9.17, 15) is 13.2 Å². The van der Waals surface area contributed by atoms with E-state index in [0.29, 0.717) is 12.2 Å². The predicted octanol–water partition coefficient (Wildman–Crippen LogP) is 1.12. The molecule has 1 aromatic rings. The van der Waals surface area contributed by atoms with Crippen LogP contribution in [0, 0.1) is 11.8 Å². The van der Waals surface area contributed by atoms with Crippen molar-refractivity contribution in [1.82, 2.24) is 9.71 Å². The number of sulfonamides is 1. The van der Waals surface area contributed by atoms with Crippen LogP contribution in [0.5, 0.6) is 5.75 Å². The number of hydrogen-bond acceptors (Lipinski definition) is 5. The minimum absolute atomic E-state index is 0.0597. The highest BCUT2D eigenvalue weighted by Crippen LogP contribution is 2.16. The van der Waals surface area contributed by atoms with Crippen LogP contribution in [-0.4, -0.2) is 38.1 Å². The molecule has 118 valence electrons. The SMILES string of the molecule is COc1cncc(S(=O)(=O)NCC(CC(C)C)C(=O)O)c1. The van der Waals surface area contributed by atoms with Gasteiger partial charge in [-0.25, -0.2) is 13.1 Å². The summed E-state index contributed by atoms with van der Waals surface area (Å²) >= 11 is 0. The van der Waals surface area contributed by atoms with Crippen LogP contribution in [0.4, 0.5) is 0 Å². The summed E-state index contributed by atoms with van der Waals surface area (Å²) < 4.78 is 31.5. The van der Waals surface area contributed by atoms with Crippen LogP contribution < -0.4 is 9.46 Å². The average molecular weight is 316 g/mol. The van der Waals surface area contributed by atoms with E-state index in [-0.39, 0.29) is 17.4 Å². The van der Waals surface area contributed by atoms with Crippen LogP contribution in [0.15, 0.2) is 23.4 Å². The van der Waals surface area contributed by atoms with Gasteiger partial charge in [-0.15, -0.1) is 0 Å². The van der Waals surface area contributed by atoms with Crippen molar-refractivity contribution < 1.29 is 23.1 Å². The van der Waals surface area contributed by atoms with Crippen molar-refractivity contribution in [1.29, 1.82) is 0 Å². The molecule has 0 aliphatic rings. The van der Waals surface area contributed by atoms with Crippen molar-refractivity contribution in [3.8, 4) is 5.75 Å². The second kappa shape index (κ2) is 7.37. The van der Waals surface area contributed by atoms with E-state index < -0.39 is 21.9 Å². The molecule has 0 bridgehead atoms. The minimum atomic E-state index is -3.81. The second-order valence-corrected chi connectivity index (χ2v) is 6.84. The lowest BCUT2D eigenvalue weighted by molar-refractivity contribution is -0.142. The summed E-state index contributed by atoms with van der Waals surface area (Å²) in [6.45, 7) is 3.61. The van der Waals surface area contributed by atoms with Crippen molar-refractivity contribution in [3.63, 3.8) is 0 Å². The van der Waals surface area contributed by atoms with Crippen molar-refractivity contribution in [2.24, 2.45) is 11.8 Å². The van der Waals surface area contributed by atoms with Crippen molar-refractivity contribution in [2.45, 2.75) is 25.2 Å². The molecule has 0 saturated carbocycles. The highest BCUT2D eigenvalue weighted by atomic mass is 32.2.